The fourth-order valence-corrected chi connectivity index (χ4v) is 3.04. The second kappa shape index (κ2) is 8.00. The van der Waals surface area contributed by atoms with Gasteiger partial charge in [0.05, 0.1) is 12.5 Å². The van der Waals surface area contributed by atoms with E-state index in [0.29, 0.717) is 5.92 Å². The molecule has 1 amide bonds. The van der Waals surface area contributed by atoms with Crippen LogP contribution in [0.25, 0.3) is 0 Å². The highest BCUT2D eigenvalue weighted by atomic mass is 16.4. The number of rotatable bonds is 8. The van der Waals surface area contributed by atoms with Crippen LogP contribution in [0.1, 0.15) is 58.6 Å². The Balaban J connectivity index is 3.38. The lowest BCUT2D eigenvalue weighted by molar-refractivity contribution is -0.142. The molecule has 25 heavy (non-hydrogen) atoms. The monoisotopic (exact) mass is 348 g/mol. The Morgan fingerprint density at radius 3 is 2.20 bits per heavy atom. The van der Waals surface area contributed by atoms with Gasteiger partial charge in [-0.05, 0) is 27.9 Å². The van der Waals surface area contributed by atoms with Crippen molar-refractivity contribution in [3.05, 3.63) is 35.4 Å². The maximum Gasteiger partial charge on any atom is 0.311 e. The number of nitrogens with two attached hydrogens (primary N) is 1. The molecule has 5 nitrogen and oxygen atoms in total. The van der Waals surface area contributed by atoms with Gasteiger partial charge in [-0.1, -0.05) is 65.8 Å². The molecule has 0 aromatic heterocycles. The fourth-order valence-electron chi connectivity index (χ4n) is 3.04. The summed E-state index contributed by atoms with van der Waals surface area (Å²) in [7, 11) is 0. The second-order valence-corrected chi connectivity index (χ2v) is 8.20. The zero-order valence-corrected chi connectivity index (χ0v) is 16.2. The van der Waals surface area contributed by atoms with Crippen molar-refractivity contribution in [1.29, 1.82) is 0 Å². The highest BCUT2D eigenvalue weighted by Crippen LogP contribution is 2.42. The molecule has 0 radical (unpaired) electrons. The fraction of sp³-hybridized carbons (Fsp3) is 0.600. The highest BCUT2D eigenvalue weighted by molar-refractivity contribution is 5.79. The molecule has 1 atom stereocenters. The van der Waals surface area contributed by atoms with Crippen molar-refractivity contribution >= 4 is 11.9 Å². The van der Waals surface area contributed by atoms with Gasteiger partial charge in [-0.15, -0.1) is 0 Å². The Labute approximate surface area is 151 Å². The lowest BCUT2D eigenvalue weighted by Gasteiger charge is -2.38. The van der Waals surface area contributed by atoms with E-state index in [1.54, 1.807) is 0 Å². The maximum absolute atomic E-state index is 12.2. The average Bonchev–Trinajstić information content (AvgIpc) is 2.52. The molecular formula is C20H32N2O3. The van der Waals surface area contributed by atoms with Crippen LogP contribution in [0, 0.1) is 11.3 Å². The molecule has 0 heterocycles. The Hall–Kier alpha value is -1.88. The van der Waals surface area contributed by atoms with E-state index in [9.17, 15) is 14.7 Å². The van der Waals surface area contributed by atoms with Crippen LogP contribution in [0.15, 0.2) is 24.3 Å². The summed E-state index contributed by atoms with van der Waals surface area (Å²) in [5.74, 6) is -1.56. The van der Waals surface area contributed by atoms with Crippen LogP contribution < -0.4 is 11.1 Å². The minimum atomic E-state index is -0.890. The first kappa shape index (κ1) is 21.2. The molecule has 0 aliphatic carbocycles. The smallest absolute Gasteiger partial charge is 0.311 e. The van der Waals surface area contributed by atoms with Crippen LogP contribution in [0.2, 0.25) is 0 Å². The largest absolute Gasteiger partial charge is 0.481 e. The summed E-state index contributed by atoms with van der Waals surface area (Å²) in [6.07, 6.45) is 0. The zero-order valence-electron chi connectivity index (χ0n) is 16.2. The maximum atomic E-state index is 12.2. The molecule has 1 unspecified atom stereocenters. The minimum absolute atomic E-state index is 0.106. The topological polar surface area (TPSA) is 92.4 Å². The molecule has 0 aliphatic heterocycles. The third-order valence-electron chi connectivity index (χ3n) is 5.36. The molecule has 4 N–H and O–H groups in total. The predicted molar refractivity (Wildman–Crippen MR) is 101 cm³/mol. The molecular weight excluding hydrogens is 316 g/mol. The number of benzene rings is 1. The van der Waals surface area contributed by atoms with Crippen LogP contribution in [0.4, 0.5) is 0 Å². The molecule has 140 valence electrons. The van der Waals surface area contributed by atoms with Crippen LogP contribution >= 0.6 is 0 Å². The molecule has 0 fully saturated rings. The van der Waals surface area contributed by atoms with Gasteiger partial charge in [0.2, 0.25) is 5.91 Å². The second-order valence-electron chi connectivity index (χ2n) is 8.20. The molecule has 1 rings (SSSR count). The van der Waals surface area contributed by atoms with Crippen LogP contribution in [-0.4, -0.2) is 30.1 Å². The van der Waals surface area contributed by atoms with E-state index < -0.39 is 17.3 Å². The van der Waals surface area contributed by atoms with E-state index in [4.69, 9.17) is 5.73 Å². The average molecular weight is 348 g/mol. The molecule has 5 heteroatoms. The summed E-state index contributed by atoms with van der Waals surface area (Å²) >= 11 is 0. The summed E-state index contributed by atoms with van der Waals surface area (Å²) in [5.41, 5.74) is 6.35. The third kappa shape index (κ3) is 4.82. The summed E-state index contributed by atoms with van der Waals surface area (Å²) in [6.45, 7) is 12.4. The summed E-state index contributed by atoms with van der Waals surface area (Å²) in [5, 5.41) is 12.7. The minimum Gasteiger partial charge on any atom is -0.481 e. The standard InChI is InChI=1S/C20H32N2O3/c1-13(2)20(5,6)15-10-8-7-9-14(15)17(18(24)25)19(3,4)12-22-16(23)11-21/h7-10,13,17H,11-12,21H2,1-6H3,(H,22,23)(H,24,25). The third-order valence-corrected chi connectivity index (χ3v) is 5.36. The number of hydrogen-bond donors (Lipinski definition) is 3. The van der Waals surface area contributed by atoms with Gasteiger partial charge < -0.3 is 16.2 Å². The molecule has 0 saturated heterocycles. The quantitative estimate of drug-likeness (QED) is 0.673. The number of nitrogens with one attached hydrogen (secondary N) is 1. The van der Waals surface area contributed by atoms with E-state index in [-0.39, 0.29) is 24.4 Å². The van der Waals surface area contributed by atoms with Crippen molar-refractivity contribution in [2.24, 2.45) is 17.1 Å². The van der Waals surface area contributed by atoms with Gasteiger partial charge in [-0.2, -0.15) is 0 Å². The Bertz CT molecular complexity index is 621. The molecule has 1 aromatic carbocycles. The number of amides is 1. The lowest BCUT2D eigenvalue weighted by atomic mass is 9.67. The molecule has 0 saturated carbocycles. The van der Waals surface area contributed by atoms with Gasteiger partial charge in [0.25, 0.3) is 0 Å². The van der Waals surface area contributed by atoms with E-state index in [1.807, 2.05) is 38.1 Å². The SMILES string of the molecule is CC(C)C(C)(C)c1ccccc1C(C(=O)O)C(C)(C)CNC(=O)CN. The van der Waals surface area contributed by atoms with Crippen molar-refractivity contribution in [2.45, 2.75) is 52.9 Å². The number of hydrogen-bond acceptors (Lipinski definition) is 3. The molecule has 1 aromatic rings. The van der Waals surface area contributed by atoms with Gasteiger partial charge in [0, 0.05) is 6.54 Å². The molecule has 0 aliphatic rings. The Morgan fingerprint density at radius 1 is 1.16 bits per heavy atom. The number of carbonyl (C=O) groups excluding carboxylic acids is 1. The number of carbonyl (C=O) groups is 2. The van der Waals surface area contributed by atoms with Gasteiger partial charge in [-0.3, -0.25) is 9.59 Å². The van der Waals surface area contributed by atoms with Crippen LogP contribution in [0.3, 0.4) is 0 Å². The van der Waals surface area contributed by atoms with Gasteiger partial charge in [-0.25, -0.2) is 0 Å². The zero-order chi connectivity index (χ0) is 19.4. The van der Waals surface area contributed by atoms with Gasteiger partial charge in [0.15, 0.2) is 0 Å². The first-order valence-corrected chi connectivity index (χ1v) is 8.74. The van der Waals surface area contributed by atoms with Gasteiger partial charge >= 0.3 is 5.97 Å². The predicted octanol–water partition coefficient (Wildman–Crippen LogP) is 2.89. The summed E-state index contributed by atoms with van der Waals surface area (Å²) in [6, 6.07) is 7.73. The first-order valence-electron chi connectivity index (χ1n) is 8.74. The van der Waals surface area contributed by atoms with Gasteiger partial charge in [0.1, 0.15) is 0 Å². The van der Waals surface area contributed by atoms with E-state index in [1.165, 1.54) is 0 Å². The number of carboxylic acids is 1. The van der Waals surface area contributed by atoms with Crippen LogP contribution in [0.5, 0.6) is 0 Å². The summed E-state index contributed by atoms with van der Waals surface area (Å²) in [4.78, 5) is 23.7. The van der Waals surface area contributed by atoms with Crippen molar-refractivity contribution in [2.75, 3.05) is 13.1 Å². The van der Waals surface area contributed by atoms with E-state index >= 15 is 0 Å². The normalized spacial score (nSPS) is 13.6. The molecule has 0 spiro atoms. The summed E-state index contributed by atoms with van der Waals surface area (Å²) < 4.78 is 0. The number of aliphatic carboxylic acids is 1. The van der Waals surface area contributed by atoms with Crippen LogP contribution in [-0.2, 0) is 15.0 Å². The first-order chi connectivity index (χ1) is 11.4. The Morgan fingerprint density at radius 2 is 1.72 bits per heavy atom. The highest BCUT2D eigenvalue weighted by Gasteiger charge is 2.40. The van der Waals surface area contributed by atoms with Crippen molar-refractivity contribution in [1.82, 2.24) is 5.32 Å². The van der Waals surface area contributed by atoms with Crippen molar-refractivity contribution in [3.63, 3.8) is 0 Å². The van der Waals surface area contributed by atoms with E-state index in [0.717, 1.165) is 11.1 Å². The Kier molecular flexibility index (Phi) is 6.77. The van der Waals surface area contributed by atoms with Crippen molar-refractivity contribution in [3.8, 4) is 0 Å². The number of carboxylic acid groups (broad SMARTS) is 1. The van der Waals surface area contributed by atoms with E-state index in [2.05, 4.69) is 33.0 Å². The lowest BCUT2D eigenvalue weighted by Crippen LogP contribution is -2.43. The van der Waals surface area contributed by atoms with Crippen molar-refractivity contribution < 1.29 is 14.7 Å². The molecule has 0 bridgehead atoms.